The van der Waals surface area contributed by atoms with E-state index in [1.807, 2.05) is 0 Å². The molecule has 26 heavy (non-hydrogen) atoms. The van der Waals surface area contributed by atoms with Crippen molar-refractivity contribution in [2.75, 3.05) is 11.5 Å². The van der Waals surface area contributed by atoms with Gasteiger partial charge in [-0.3, -0.25) is 14.5 Å². The van der Waals surface area contributed by atoms with Gasteiger partial charge >= 0.3 is 11.9 Å². The third-order valence-electron chi connectivity index (χ3n) is 3.40. The number of phenols is 1. The Morgan fingerprint density at radius 1 is 1.12 bits per heavy atom. The smallest absolute Gasteiger partial charge is 0.337 e. The summed E-state index contributed by atoms with van der Waals surface area (Å²) in [6.07, 6.45) is -0.631. The van der Waals surface area contributed by atoms with Crippen LogP contribution in [0.25, 0.3) is 0 Å². The molecule has 0 radical (unpaired) electrons. The highest BCUT2D eigenvalue weighted by molar-refractivity contribution is 6.31. The van der Waals surface area contributed by atoms with Crippen molar-refractivity contribution in [1.82, 2.24) is 0 Å². The first-order valence-corrected chi connectivity index (χ1v) is 8.02. The molecule has 2 rings (SSSR count). The number of hydrogen-bond acceptors (Lipinski definition) is 5. The van der Waals surface area contributed by atoms with E-state index in [1.54, 1.807) is 19.1 Å². The fraction of sp³-hybridized carbons (Fsp3) is 0.167. The lowest BCUT2D eigenvalue weighted by molar-refractivity contribution is -0.145. The molecule has 0 bridgehead atoms. The van der Waals surface area contributed by atoms with Gasteiger partial charge in [-0.15, -0.1) is 0 Å². The molecule has 7 nitrogen and oxygen atoms in total. The number of esters is 1. The van der Waals surface area contributed by atoms with Gasteiger partial charge in [0.05, 0.1) is 23.5 Å². The van der Waals surface area contributed by atoms with Crippen LogP contribution in [-0.2, 0) is 14.3 Å². The first-order valence-electron chi connectivity index (χ1n) is 7.64. The van der Waals surface area contributed by atoms with Crippen LogP contribution in [-0.4, -0.2) is 34.7 Å². The quantitative estimate of drug-likeness (QED) is 0.590. The molecule has 1 amide bonds. The van der Waals surface area contributed by atoms with Gasteiger partial charge in [0.2, 0.25) is 5.91 Å². The molecule has 0 heterocycles. The van der Waals surface area contributed by atoms with E-state index in [0.717, 1.165) is 4.90 Å². The summed E-state index contributed by atoms with van der Waals surface area (Å²) < 4.78 is 4.77. The second-order valence-corrected chi connectivity index (χ2v) is 5.60. The van der Waals surface area contributed by atoms with Crippen LogP contribution >= 0.6 is 11.6 Å². The number of aromatic carboxylic acids is 1. The van der Waals surface area contributed by atoms with E-state index in [0.29, 0.717) is 0 Å². The van der Waals surface area contributed by atoms with Crippen LogP contribution in [0, 0.1) is 0 Å². The molecular weight excluding hydrogens is 362 g/mol. The van der Waals surface area contributed by atoms with Crippen LogP contribution in [0.1, 0.15) is 23.7 Å². The number of carboxylic acid groups (broad SMARTS) is 1. The number of benzene rings is 2. The minimum Gasteiger partial charge on any atom is -0.506 e. The number of aromatic hydroxyl groups is 1. The lowest BCUT2D eigenvalue weighted by atomic mass is 10.1. The zero-order chi connectivity index (χ0) is 19.3. The minimum atomic E-state index is -1.29. The summed E-state index contributed by atoms with van der Waals surface area (Å²) in [4.78, 5) is 37.0. The highest BCUT2D eigenvalue weighted by atomic mass is 35.5. The summed E-state index contributed by atoms with van der Waals surface area (Å²) in [5.74, 6) is -3.09. The number of para-hydroxylation sites is 2. The van der Waals surface area contributed by atoms with Gasteiger partial charge in [-0.2, -0.15) is 0 Å². The summed E-state index contributed by atoms with van der Waals surface area (Å²) in [7, 11) is 0. The summed E-state index contributed by atoms with van der Waals surface area (Å²) in [6.45, 7) is 1.70. The van der Waals surface area contributed by atoms with Gasteiger partial charge in [-0.05, 0) is 37.3 Å². The van der Waals surface area contributed by atoms with Gasteiger partial charge in [0.15, 0.2) is 0 Å². The van der Waals surface area contributed by atoms with E-state index in [-0.39, 0.29) is 34.3 Å². The fourth-order valence-electron chi connectivity index (χ4n) is 2.34. The van der Waals surface area contributed by atoms with Crippen molar-refractivity contribution in [2.45, 2.75) is 13.3 Å². The second kappa shape index (κ2) is 8.35. The van der Waals surface area contributed by atoms with Crippen molar-refractivity contribution in [3.63, 3.8) is 0 Å². The number of phenolic OH excluding ortho intramolecular Hbond substituents is 1. The van der Waals surface area contributed by atoms with Crippen LogP contribution in [0.4, 0.5) is 11.4 Å². The number of hydrogen-bond donors (Lipinski definition) is 2. The standard InChI is InChI=1S/C18H16ClNO6/c1-2-26-17(23)10-16(22)20(13-5-3-4-6-15(13)21)14-9-11(19)7-8-12(14)18(24)25/h3-9,21H,2,10H2,1H3,(H,24,25). The first kappa shape index (κ1) is 19.3. The van der Waals surface area contributed by atoms with Crippen LogP contribution in [0.5, 0.6) is 5.75 Å². The largest absolute Gasteiger partial charge is 0.506 e. The molecule has 0 saturated carbocycles. The molecule has 8 heteroatoms. The van der Waals surface area contributed by atoms with Gasteiger partial charge < -0.3 is 14.9 Å². The Hall–Kier alpha value is -3.06. The van der Waals surface area contributed by atoms with Crippen molar-refractivity contribution in [3.8, 4) is 5.75 Å². The van der Waals surface area contributed by atoms with E-state index < -0.39 is 24.3 Å². The SMILES string of the molecule is CCOC(=O)CC(=O)N(c1ccccc1O)c1cc(Cl)ccc1C(=O)O. The molecule has 0 aromatic heterocycles. The average Bonchev–Trinajstić information content (AvgIpc) is 2.57. The third kappa shape index (κ3) is 4.31. The predicted molar refractivity (Wildman–Crippen MR) is 94.9 cm³/mol. The summed E-state index contributed by atoms with van der Waals surface area (Å²) >= 11 is 5.97. The maximum atomic E-state index is 12.7. The number of rotatable bonds is 6. The Morgan fingerprint density at radius 3 is 2.42 bits per heavy atom. The molecule has 2 N–H and O–H groups in total. The number of anilines is 2. The van der Waals surface area contributed by atoms with Crippen LogP contribution in [0.3, 0.4) is 0 Å². The lowest BCUT2D eigenvalue weighted by Crippen LogP contribution is -2.30. The highest BCUT2D eigenvalue weighted by Gasteiger charge is 2.27. The maximum absolute atomic E-state index is 12.7. The van der Waals surface area contributed by atoms with Gasteiger partial charge in [0, 0.05) is 5.02 Å². The zero-order valence-corrected chi connectivity index (χ0v) is 14.6. The fourth-order valence-corrected chi connectivity index (χ4v) is 2.50. The Kier molecular flexibility index (Phi) is 6.19. The maximum Gasteiger partial charge on any atom is 0.337 e. The summed E-state index contributed by atoms with van der Waals surface area (Å²) in [5, 5.41) is 19.8. The molecule has 0 spiro atoms. The van der Waals surface area contributed by atoms with Gasteiger partial charge in [-0.25, -0.2) is 4.79 Å². The second-order valence-electron chi connectivity index (χ2n) is 5.17. The molecule has 136 valence electrons. The molecule has 0 aliphatic heterocycles. The van der Waals surface area contributed by atoms with E-state index >= 15 is 0 Å². The van der Waals surface area contributed by atoms with Gasteiger partial charge in [0.1, 0.15) is 12.2 Å². The van der Waals surface area contributed by atoms with Crippen molar-refractivity contribution in [3.05, 3.63) is 53.1 Å². The molecular formula is C18H16ClNO6. The number of amides is 1. The molecule has 2 aromatic carbocycles. The zero-order valence-electron chi connectivity index (χ0n) is 13.8. The lowest BCUT2D eigenvalue weighted by Gasteiger charge is -2.25. The molecule has 0 fully saturated rings. The Bertz CT molecular complexity index is 851. The van der Waals surface area contributed by atoms with Crippen molar-refractivity contribution in [1.29, 1.82) is 0 Å². The monoisotopic (exact) mass is 377 g/mol. The van der Waals surface area contributed by atoms with Crippen LogP contribution < -0.4 is 4.90 Å². The number of carbonyl (C=O) groups excluding carboxylic acids is 2. The van der Waals surface area contributed by atoms with Crippen LogP contribution in [0.2, 0.25) is 5.02 Å². The molecule has 0 aliphatic carbocycles. The van der Waals surface area contributed by atoms with E-state index in [9.17, 15) is 24.6 Å². The molecule has 0 saturated heterocycles. The van der Waals surface area contributed by atoms with Crippen LogP contribution in [0.15, 0.2) is 42.5 Å². The molecule has 0 aliphatic rings. The summed E-state index contributed by atoms with van der Waals surface area (Å²) in [5.41, 5.74) is -0.262. The van der Waals surface area contributed by atoms with E-state index in [2.05, 4.69) is 0 Å². The average molecular weight is 378 g/mol. The molecule has 0 atom stereocenters. The third-order valence-corrected chi connectivity index (χ3v) is 3.64. The van der Waals surface area contributed by atoms with Crippen molar-refractivity contribution in [2.24, 2.45) is 0 Å². The van der Waals surface area contributed by atoms with E-state index in [4.69, 9.17) is 16.3 Å². The summed E-state index contributed by atoms with van der Waals surface area (Å²) in [6, 6.07) is 9.75. The van der Waals surface area contributed by atoms with Gasteiger partial charge in [0.25, 0.3) is 0 Å². The molecule has 0 unspecified atom stereocenters. The Labute approximate surface area is 154 Å². The Balaban J connectivity index is 2.60. The molecule has 2 aromatic rings. The number of ether oxygens (including phenoxy) is 1. The van der Waals surface area contributed by atoms with Crippen molar-refractivity contribution >= 4 is 40.8 Å². The topological polar surface area (TPSA) is 104 Å². The number of carbonyl (C=O) groups is 3. The van der Waals surface area contributed by atoms with Crippen molar-refractivity contribution < 1.29 is 29.3 Å². The first-order chi connectivity index (χ1) is 12.3. The Morgan fingerprint density at radius 2 is 1.81 bits per heavy atom. The predicted octanol–water partition coefficient (Wildman–Crippen LogP) is 3.36. The normalized spacial score (nSPS) is 10.2. The number of halogens is 1. The minimum absolute atomic E-state index is 0.0200. The van der Waals surface area contributed by atoms with E-state index in [1.165, 1.54) is 30.3 Å². The number of nitrogens with zero attached hydrogens (tertiary/aromatic N) is 1. The number of carboxylic acids is 1. The highest BCUT2D eigenvalue weighted by Crippen LogP contribution is 2.36. The van der Waals surface area contributed by atoms with Gasteiger partial charge in [-0.1, -0.05) is 23.7 Å².